The molecule has 0 amide bonds. The fourth-order valence-electron chi connectivity index (χ4n) is 1.61. The summed E-state index contributed by atoms with van der Waals surface area (Å²) >= 11 is 1.67. The van der Waals surface area contributed by atoms with Gasteiger partial charge in [-0.3, -0.25) is 4.40 Å². The van der Waals surface area contributed by atoms with Crippen molar-refractivity contribution in [1.82, 2.24) is 14.7 Å². The third-order valence-corrected chi connectivity index (χ3v) is 3.28. The maximum atomic E-state index is 4.63. The van der Waals surface area contributed by atoms with Gasteiger partial charge >= 0.3 is 0 Å². The van der Waals surface area contributed by atoms with E-state index in [1.165, 1.54) is 5.69 Å². The van der Waals surface area contributed by atoms with Crippen LogP contribution in [0, 0.1) is 0 Å². The maximum absolute atomic E-state index is 4.63. The monoisotopic (exact) mass is 224 g/mol. The van der Waals surface area contributed by atoms with Crippen molar-refractivity contribution >= 4 is 22.1 Å². The molecule has 2 heterocycles. The molecule has 0 spiro atoms. The quantitative estimate of drug-likeness (QED) is 0.855. The highest BCUT2D eigenvalue weighted by atomic mass is 32.1. The third kappa shape index (κ3) is 1.72. The molecule has 0 aliphatic carbocycles. The van der Waals surface area contributed by atoms with Gasteiger partial charge in [-0.05, 0) is 14.0 Å². The molecule has 82 valence electrons. The Hall–Kier alpha value is -1.07. The fraction of sp³-hybridized carbons (Fsp3) is 0.500. The number of aromatic nitrogens is 2. The largest absolute Gasteiger partial charge is 0.358 e. The van der Waals surface area contributed by atoms with Crippen LogP contribution < -0.4 is 10.2 Å². The molecule has 2 rings (SSSR count). The Kier molecular flexibility index (Phi) is 2.93. The minimum atomic E-state index is 0.845. The zero-order chi connectivity index (χ0) is 10.8. The Morgan fingerprint density at radius 2 is 2.40 bits per heavy atom. The van der Waals surface area contributed by atoms with Gasteiger partial charge in [-0.25, -0.2) is 4.98 Å². The highest BCUT2D eigenvalue weighted by molar-refractivity contribution is 7.15. The van der Waals surface area contributed by atoms with Crippen molar-refractivity contribution in [1.29, 1.82) is 0 Å². The lowest BCUT2D eigenvalue weighted by molar-refractivity contribution is 0.775. The number of hydrogen-bond acceptors (Lipinski definition) is 4. The van der Waals surface area contributed by atoms with Gasteiger partial charge < -0.3 is 10.2 Å². The van der Waals surface area contributed by atoms with Gasteiger partial charge in [0.05, 0.1) is 5.69 Å². The summed E-state index contributed by atoms with van der Waals surface area (Å²) in [6.07, 6.45) is 2.08. The summed E-state index contributed by atoms with van der Waals surface area (Å²) < 4.78 is 2.16. The van der Waals surface area contributed by atoms with Crippen molar-refractivity contribution in [3.63, 3.8) is 0 Å². The molecule has 5 heteroatoms. The van der Waals surface area contributed by atoms with E-state index in [9.17, 15) is 0 Å². The summed E-state index contributed by atoms with van der Waals surface area (Å²) in [4.78, 5) is 7.87. The summed E-state index contributed by atoms with van der Waals surface area (Å²) in [6, 6.07) is 0. The Morgan fingerprint density at radius 3 is 3.07 bits per heavy atom. The van der Waals surface area contributed by atoms with Crippen molar-refractivity contribution < 1.29 is 0 Å². The predicted molar refractivity (Wildman–Crippen MR) is 64.8 cm³/mol. The number of imidazole rings is 1. The molecule has 2 aromatic rings. The topological polar surface area (TPSA) is 32.6 Å². The van der Waals surface area contributed by atoms with Gasteiger partial charge in [0.15, 0.2) is 10.8 Å². The van der Waals surface area contributed by atoms with Gasteiger partial charge in [0, 0.05) is 31.7 Å². The fourth-order valence-corrected chi connectivity index (χ4v) is 2.34. The smallest absolute Gasteiger partial charge is 0.195 e. The van der Waals surface area contributed by atoms with Gasteiger partial charge in [0.1, 0.15) is 0 Å². The second kappa shape index (κ2) is 4.20. The van der Waals surface area contributed by atoms with E-state index in [1.54, 1.807) is 11.3 Å². The molecule has 0 aromatic carbocycles. The van der Waals surface area contributed by atoms with E-state index in [2.05, 4.69) is 45.1 Å². The Bertz CT molecular complexity index is 445. The van der Waals surface area contributed by atoms with Crippen molar-refractivity contribution in [2.75, 3.05) is 25.5 Å². The van der Waals surface area contributed by atoms with Crippen LogP contribution >= 0.6 is 11.3 Å². The molecule has 4 nitrogen and oxygen atoms in total. The maximum Gasteiger partial charge on any atom is 0.195 e. The zero-order valence-corrected chi connectivity index (χ0v) is 10.1. The van der Waals surface area contributed by atoms with Crippen molar-refractivity contribution in [2.24, 2.45) is 0 Å². The van der Waals surface area contributed by atoms with Gasteiger partial charge in [-0.1, -0.05) is 0 Å². The lowest BCUT2D eigenvalue weighted by Crippen LogP contribution is -2.19. The number of nitrogens with one attached hydrogen (secondary N) is 1. The van der Waals surface area contributed by atoms with Crippen LogP contribution in [0.3, 0.4) is 0 Å². The number of fused-ring (bicyclic) bond motifs is 1. The molecule has 0 aliphatic rings. The first-order chi connectivity index (χ1) is 7.27. The standard InChI is InChI=1S/C10H16N4S/c1-4-13(3)9-8(7-11-2)14-5-6-15-10(14)12-9/h5-6,11H,4,7H2,1-3H3. The molecule has 2 aromatic heterocycles. The van der Waals surface area contributed by atoms with Crippen LogP contribution in [0.25, 0.3) is 4.96 Å². The summed E-state index contributed by atoms with van der Waals surface area (Å²) in [5.41, 5.74) is 1.23. The molecule has 0 bridgehead atoms. The van der Waals surface area contributed by atoms with Crippen LogP contribution in [-0.4, -0.2) is 30.0 Å². The molecule has 0 unspecified atom stereocenters. The number of anilines is 1. The van der Waals surface area contributed by atoms with Gasteiger partial charge in [-0.15, -0.1) is 11.3 Å². The van der Waals surface area contributed by atoms with Crippen molar-refractivity contribution in [3.05, 3.63) is 17.3 Å². The molecule has 0 aliphatic heterocycles. The van der Waals surface area contributed by atoms with Crippen LogP contribution in [0.4, 0.5) is 5.82 Å². The highest BCUT2D eigenvalue weighted by Crippen LogP contribution is 2.23. The van der Waals surface area contributed by atoms with Crippen LogP contribution in [0.2, 0.25) is 0 Å². The van der Waals surface area contributed by atoms with Crippen LogP contribution in [0.5, 0.6) is 0 Å². The van der Waals surface area contributed by atoms with E-state index >= 15 is 0 Å². The van der Waals surface area contributed by atoms with E-state index < -0.39 is 0 Å². The first kappa shape index (κ1) is 10.4. The highest BCUT2D eigenvalue weighted by Gasteiger charge is 2.14. The molecule has 0 fully saturated rings. The second-order valence-corrected chi connectivity index (χ2v) is 4.36. The molecule has 0 saturated carbocycles. The molecule has 0 radical (unpaired) electrons. The first-order valence-electron chi connectivity index (χ1n) is 5.08. The summed E-state index contributed by atoms with van der Waals surface area (Å²) in [5, 5.41) is 5.26. The number of thiazole rings is 1. The zero-order valence-electron chi connectivity index (χ0n) is 9.32. The van der Waals surface area contributed by atoms with Gasteiger partial charge in [-0.2, -0.15) is 0 Å². The van der Waals surface area contributed by atoms with Crippen molar-refractivity contribution in [2.45, 2.75) is 13.5 Å². The summed E-state index contributed by atoms with van der Waals surface area (Å²) in [5.74, 6) is 1.08. The normalized spacial score (nSPS) is 11.1. The van der Waals surface area contributed by atoms with Gasteiger partial charge in [0.2, 0.25) is 0 Å². The van der Waals surface area contributed by atoms with Gasteiger partial charge in [0.25, 0.3) is 0 Å². The molecule has 0 saturated heterocycles. The lowest BCUT2D eigenvalue weighted by Gasteiger charge is -2.15. The van der Waals surface area contributed by atoms with E-state index in [-0.39, 0.29) is 0 Å². The van der Waals surface area contributed by atoms with Crippen LogP contribution in [0.15, 0.2) is 11.6 Å². The summed E-state index contributed by atoms with van der Waals surface area (Å²) in [6.45, 7) is 3.95. The Labute approximate surface area is 93.5 Å². The third-order valence-electron chi connectivity index (χ3n) is 2.52. The summed E-state index contributed by atoms with van der Waals surface area (Å²) in [7, 11) is 4.03. The molecule has 1 N–H and O–H groups in total. The van der Waals surface area contributed by atoms with Crippen molar-refractivity contribution in [3.8, 4) is 0 Å². The SMILES string of the molecule is CCN(C)c1nc2sccn2c1CNC. The predicted octanol–water partition coefficient (Wildman–Crippen LogP) is 1.57. The van der Waals surface area contributed by atoms with E-state index in [1.807, 2.05) is 7.05 Å². The average molecular weight is 224 g/mol. The first-order valence-corrected chi connectivity index (χ1v) is 5.96. The Balaban J connectivity index is 2.51. The van der Waals surface area contributed by atoms with E-state index in [4.69, 9.17) is 0 Å². The second-order valence-electron chi connectivity index (χ2n) is 3.48. The molecule has 15 heavy (non-hydrogen) atoms. The number of hydrogen-bond donors (Lipinski definition) is 1. The average Bonchev–Trinajstić information content (AvgIpc) is 2.80. The lowest BCUT2D eigenvalue weighted by atomic mass is 10.4. The minimum Gasteiger partial charge on any atom is -0.358 e. The van der Waals surface area contributed by atoms with Crippen LogP contribution in [-0.2, 0) is 6.54 Å². The number of rotatable bonds is 4. The minimum absolute atomic E-state index is 0.845. The molecular weight excluding hydrogens is 208 g/mol. The Morgan fingerprint density at radius 1 is 1.60 bits per heavy atom. The van der Waals surface area contributed by atoms with Crippen LogP contribution in [0.1, 0.15) is 12.6 Å². The van der Waals surface area contributed by atoms with E-state index in [0.717, 1.165) is 23.9 Å². The number of nitrogens with zero attached hydrogens (tertiary/aromatic N) is 3. The van der Waals surface area contributed by atoms with E-state index in [0.29, 0.717) is 0 Å². The molecule has 0 atom stereocenters. The molecular formula is C10H16N4S.